The normalized spacial score (nSPS) is 11.4. The van der Waals surface area contributed by atoms with Crippen molar-refractivity contribution in [3.05, 3.63) is 59.2 Å². The Bertz CT molecular complexity index is 951. The fraction of sp³-hybridized carbons (Fsp3) is 0.263. The lowest BCUT2D eigenvalue weighted by atomic mass is 10.1. The summed E-state index contributed by atoms with van der Waals surface area (Å²) in [6.07, 6.45) is 0.635. The molecule has 1 amide bonds. The number of aromatic carboxylic acids is 1. The van der Waals surface area contributed by atoms with Crippen LogP contribution in [0.3, 0.4) is 0 Å². The van der Waals surface area contributed by atoms with Crippen molar-refractivity contribution in [1.82, 2.24) is 4.31 Å². The molecule has 0 saturated heterocycles. The molecule has 0 bridgehead atoms. The van der Waals surface area contributed by atoms with Gasteiger partial charge in [0.15, 0.2) is 0 Å². The number of carboxylic acid groups (broad SMARTS) is 1. The van der Waals surface area contributed by atoms with Gasteiger partial charge in [0.05, 0.1) is 10.5 Å². The number of hydrogen-bond acceptors (Lipinski definition) is 4. The van der Waals surface area contributed by atoms with E-state index in [0.29, 0.717) is 17.7 Å². The Morgan fingerprint density at radius 1 is 1.07 bits per heavy atom. The number of carboxylic acids is 1. The summed E-state index contributed by atoms with van der Waals surface area (Å²) in [5.74, 6) is -1.25. The molecule has 0 aliphatic carbocycles. The van der Waals surface area contributed by atoms with Gasteiger partial charge < -0.3 is 10.4 Å². The van der Waals surface area contributed by atoms with Crippen LogP contribution in [0.2, 0.25) is 0 Å². The van der Waals surface area contributed by atoms with Crippen LogP contribution in [-0.4, -0.2) is 43.8 Å². The fourth-order valence-corrected chi connectivity index (χ4v) is 3.59. The number of aryl methyl sites for hydroxylation is 2. The van der Waals surface area contributed by atoms with Gasteiger partial charge in [-0.1, -0.05) is 18.2 Å². The summed E-state index contributed by atoms with van der Waals surface area (Å²) in [5.41, 5.74) is 2.04. The SMILES string of the molecule is Cc1ccc(NC(=O)CCc2ccc(C(=O)O)cc2)cc1S(=O)(=O)N(C)C. The molecule has 0 spiro atoms. The Kier molecular flexibility index (Phi) is 6.35. The van der Waals surface area contributed by atoms with Crippen LogP contribution < -0.4 is 5.32 Å². The molecule has 27 heavy (non-hydrogen) atoms. The van der Waals surface area contributed by atoms with E-state index in [9.17, 15) is 18.0 Å². The first-order valence-electron chi connectivity index (χ1n) is 8.26. The van der Waals surface area contributed by atoms with Gasteiger partial charge in [0.2, 0.25) is 15.9 Å². The molecule has 7 nitrogen and oxygen atoms in total. The molecule has 2 N–H and O–H groups in total. The maximum Gasteiger partial charge on any atom is 0.335 e. The van der Waals surface area contributed by atoms with E-state index in [-0.39, 0.29) is 22.8 Å². The lowest BCUT2D eigenvalue weighted by Crippen LogP contribution is -2.23. The number of benzene rings is 2. The number of nitrogens with zero attached hydrogens (tertiary/aromatic N) is 1. The molecule has 0 unspecified atom stereocenters. The second-order valence-electron chi connectivity index (χ2n) is 6.32. The molecule has 0 saturated carbocycles. The quantitative estimate of drug-likeness (QED) is 0.756. The zero-order valence-electron chi connectivity index (χ0n) is 15.4. The van der Waals surface area contributed by atoms with Gasteiger partial charge in [-0.15, -0.1) is 0 Å². The molecule has 8 heteroatoms. The molecular weight excluding hydrogens is 368 g/mol. The molecule has 0 aliphatic heterocycles. The number of carbonyl (C=O) groups is 2. The van der Waals surface area contributed by atoms with Crippen LogP contribution >= 0.6 is 0 Å². The fourth-order valence-electron chi connectivity index (χ4n) is 2.45. The van der Waals surface area contributed by atoms with Crippen LogP contribution in [0.4, 0.5) is 5.69 Å². The van der Waals surface area contributed by atoms with E-state index < -0.39 is 16.0 Å². The van der Waals surface area contributed by atoms with Crippen LogP contribution in [0.5, 0.6) is 0 Å². The summed E-state index contributed by atoms with van der Waals surface area (Å²) < 4.78 is 25.8. The Balaban J connectivity index is 2.04. The summed E-state index contributed by atoms with van der Waals surface area (Å²) in [7, 11) is -0.690. The molecule has 0 aromatic heterocycles. The third kappa shape index (κ3) is 5.15. The molecule has 0 fully saturated rings. The van der Waals surface area contributed by atoms with Crippen LogP contribution in [0, 0.1) is 6.92 Å². The number of sulfonamides is 1. The standard InChI is InChI=1S/C19H22N2O5S/c1-13-4-10-16(12-17(13)27(25,26)21(2)3)20-18(22)11-7-14-5-8-15(9-6-14)19(23)24/h4-6,8-10,12H,7,11H2,1-3H3,(H,20,22)(H,23,24). The summed E-state index contributed by atoms with van der Waals surface area (Å²) >= 11 is 0. The Labute approximate surface area is 158 Å². The highest BCUT2D eigenvalue weighted by Crippen LogP contribution is 2.22. The second-order valence-corrected chi connectivity index (χ2v) is 8.44. The highest BCUT2D eigenvalue weighted by Gasteiger charge is 2.20. The smallest absolute Gasteiger partial charge is 0.335 e. The monoisotopic (exact) mass is 390 g/mol. The summed E-state index contributed by atoms with van der Waals surface area (Å²) in [5, 5.41) is 11.6. The van der Waals surface area contributed by atoms with E-state index in [0.717, 1.165) is 9.87 Å². The average Bonchev–Trinajstić information content (AvgIpc) is 2.61. The Morgan fingerprint density at radius 2 is 1.70 bits per heavy atom. The van der Waals surface area contributed by atoms with Crippen molar-refractivity contribution in [3.63, 3.8) is 0 Å². The third-order valence-electron chi connectivity index (χ3n) is 4.07. The van der Waals surface area contributed by atoms with Crippen molar-refractivity contribution in [3.8, 4) is 0 Å². The molecular formula is C19H22N2O5S. The second kappa shape index (κ2) is 8.32. The van der Waals surface area contributed by atoms with Crippen LogP contribution in [0.25, 0.3) is 0 Å². The van der Waals surface area contributed by atoms with E-state index in [2.05, 4.69) is 5.32 Å². The lowest BCUT2D eigenvalue weighted by Gasteiger charge is -2.15. The number of anilines is 1. The number of hydrogen-bond donors (Lipinski definition) is 2. The van der Waals surface area contributed by atoms with Crippen molar-refractivity contribution in [2.45, 2.75) is 24.7 Å². The Morgan fingerprint density at radius 3 is 2.26 bits per heavy atom. The zero-order valence-corrected chi connectivity index (χ0v) is 16.2. The minimum absolute atomic E-state index is 0.148. The van der Waals surface area contributed by atoms with E-state index >= 15 is 0 Å². The average molecular weight is 390 g/mol. The van der Waals surface area contributed by atoms with Crippen molar-refractivity contribution in [2.75, 3.05) is 19.4 Å². The number of amides is 1. The minimum Gasteiger partial charge on any atom is -0.478 e. The predicted molar refractivity (Wildman–Crippen MR) is 102 cm³/mol. The first-order chi connectivity index (χ1) is 12.6. The Hall–Kier alpha value is -2.71. The van der Waals surface area contributed by atoms with Gasteiger partial charge in [-0.2, -0.15) is 0 Å². The third-order valence-corrected chi connectivity index (χ3v) is 6.03. The van der Waals surface area contributed by atoms with Gasteiger partial charge in [-0.05, 0) is 48.7 Å². The van der Waals surface area contributed by atoms with Gasteiger partial charge in [0.1, 0.15) is 0 Å². The molecule has 0 radical (unpaired) electrons. The van der Waals surface area contributed by atoms with Gasteiger partial charge >= 0.3 is 5.97 Å². The first kappa shape index (κ1) is 20.6. The number of rotatable bonds is 7. The molecule has 0 aliphatic rings. The van der Waals surface area contributed by atoms with Crippen molar-refractivity contribution < 1.29 is 23.1 Å². The summed E-state index contributed by atoms with van der Waals surface area (Å²) in [4.78, 5) is 23.2. The predicted octanol–water partition coefficient (Wildman–Crippen LogP) is 2.51. The van der Waals surface area contributed by atoms with Gasteiger partial charge in [-0.3, -0.25) is 4.79 Å². The van der Waals surface area contributed by atoms with Crippen molar-refractivity contribution in [2.24, 2.45) is 0 Å². The van der Waals surface area contributed by atoms with Gasteiger partial charge in [-0.25, -0.2) is 17.5 Å². The molecule has 2 rings (SSSR count). The van der Waals surface area contributed by atoms with Gasteiger partial charge in [0.25, 0.3) is 0 Å². The zero-order chi connectivity index (χ0) is 20.2. The van der Waals surface area contributed by atoms with E-state index in [1.807, 2.05) is 0 Å². The molecule has 144 valence electrons. The van der Waals surface area contributed by atoms with Crippen LogP contribution in [-0.2, 0) is 21.2 Å². The van der Waals surface area contributed by atoms with Crippen LogP contribution in [0.15, 0.2) is 47.4 Å². The topological polar surface area (TPSA) is 104 Å². The largest absolute Gasteiger partial charge is 0.478 e. The van der Waals surface area contributed by atoms with Crippen molar-refractivity contribution >= 4 is 27.6 Å². The molecule has 2 aromatic carbocycles. The molecule has 0 heterocycles. The van der Waals surface area contributed by atoms with Crippen molar-refractivity contribution in [1.29, 1.82) is 0 Å². The number of nitrogens with one attached hydrogen (secondary N) is 1. The summed E-state index contributed by atoms with van der Waals surface area (Å²) in [6, 6.07) is 11.1. The summed E-state index contributed by atoms with van der Waals surface area (Å²) in [6.45, 7) is 1.70. The van der Waals surface area contributed by atoms with E-state index in [4.69, 9.17) is 5.11 Å². The minimum atomic E-state index is -3.60. The van der Waals surface area contributed by atoms with Gasteiger partial charge in [0, 0.05) is 26.2 Å². The molecule has 2 aromatic rings. The lowest BCUT2D eigenvalue weighted by molar-refractivity contribution is -0.116. The maximum atomic E-state index is 12.3. The first-order valence-corrected chi connectivity index (χ1v) is 9.70. The van der Waals surface area contributed by atoms with E-state index in [1.165, 1.54) is 32.3 Å². The highest BCUT2D eigenvalue weighted by atomic mass is 32.2. The van der Waals surface area contributed by atoms with E-state index in [1.54, 1.807) is 31.2 Å². The van der Waals surface area contributed by atoms with Crippen LogP contribution in [0.1, 0.15) is 27.9 Å². The maximum absolute atomic E-state index is 12.3. The number of carbonyl (C=O) groups excluding carboxylic acids is 1. The molecule has 0 atom stereocenters. The highest BCUT2D eigenvalue weighted by molar-refractivity contribution is 7.89.